The van der Waals surface area contributed by atoms with Gasteiger partial charge in [-0.25, -0.2) is 0 Å². The molecule has 2 fully saturated rings. The third-order valence-corrected chi connectivity index (χ3v) is 4.81. The van der Waals surface area contributed by atoms with Gasteiger partial charge in [0.1, 0.15) is 0 Å². The lowest BCUT2D eigenvalue weighted by atomic mass is 9.95. The van der Waals surface area contributed by atoms with Crippen LogP contribution in [0.15, 0.2) is 0 Å². The third kappa shape index (κ3) is 4.48. The Morgan fingerprint density at radius 2 is 1.84 bits per heavy atom. The van der Waals surface area contributed by atoms with E-state index in [2.05, 4.69) is 17.1 Å². The SMILES string of the molecule is CCN(C(=O)CC1CCCCCC1)C1CCCNC1. The van der Waals surface area contributed by atoms with E-state index in [0.717, 1.165) is 26.1 Å². The first-order valence-corrected chi connectivity index (χ1v) is 8.31. The van der Waals surface area contributed by atoms with Crippen molar-refractivity contribution < 1.29 is 4.79 Å². The maximum absolute atomic E-state index is 12.6. The molecule has 1 aliphatic carbocycles. The second kappa shape index (κ2) is 7.88. The summed E-state index contributed by atoms with van der Waals surface area (Å²) in [4.78, 5) is 14.7. The fourth-order valence-corrected chi connectivity index (χ4v) is 3.67. The molecule has 1 heterocycles. The van der Waals surface area contributed by atoms with Gasteiger partial charge in [-0.05, 0) is 45.1 Å². The second-order valence-corrected chi connectivity index (χ2v) is 6.24. The number of rotatable bonds is 4. The summed E-state index contributed by atoms with van der Waals surface area (Å²) >= 11 is 0. The van der Waals surface area contributed by atoms with Gasteiger partial charge < -0.3 is 10.2 Å². The molecular weight excluding hydrogens is 236 g/mol. The van der Waals surface area contributed by atoms with Gasteiger partial charge in [-0.3, -0.25) is 4.79 Å². The predicted molar refractivity (Wildman–Crippen MR) is 79.1 cm³/mol. The number of piperidine rings is 1. The Bertz CT molecular complexity index is 266. The fraction of sp³-hybridized carbons (Fsp3) is 0.938. The number of carbonyl (C=O) groups is 1. The second-order valence-electron chi connectivity index (χ2n) is 6.24. The highest BCUT2D eigenvalue weighted by molar-refractivity contribution is 5.76. The Balaban J connectivity index is 1.84. The topological polar surface area (TPSA) is 32.3 Å². The van der Waals surface area contributed by atoms with Crippen LogP contribution in [0.5, 0.6) is 0 Å². The van der Waals surface area contributed by atoms with E-state index in [1.807, 2.05) is 0 Å². The molecule has 1 atom stereocenters. The lowest BCUT2D eigenvalue weighted by Crippen LogP contribution is -2.48. The smallest absolute Gasteiger partial charge is 0.223 e. The molecule has 1 saturated carbocycles. The van der Waals surface area contributed by atoms with E-state index in [1.54, 1.807) is 0 Å². The summed E-state index contributed by atoms with van der Waals surface area (Å²) < 4.78 is 0. The molecule has 3 heteroatoms. The van der Waals surface area contributed by atoms with E-state index in [1.165, 1.54) is 51.4 Å². The first-order valence-electron chi connectivity index (χ1n) is 8.31. The molecule has 1 amide bonds. The predicted octanol–water partition coefficient (Wildman–Crippen LogP) is 2.95. The monoisotopic (exact) mass is 266 g/mol. The molecule has 1 aliphatic heterocycles. The van der Waals surface area contributed by atoms with Crippen LogP contribution in [0.2, 0.25) is 0 Å². The summed E-state index contributed by atoms with van der Waals surface area (Å²) in [5, 5.41) is 3.42. The van der Waals surface area contributed by atoms with Crippen LogP contribution in [0.25, 0.3) is 0 Å². The average molecular weight is 266 g/mol. The van der Waals surface area contributed by atoms with Crippen LogP contribution in [0.1, 0.15) is 64.7 Å². The van der Waals surface area contributed by atoms with E-state index in [9.17, 15) is 4.79 Å². The largest absolute Gasteiger partial charge is 0.339 e. The van der Waals surface area contributed by atoms with E-state index >= 15 is 0 Å². The van der Waals surface area contributed by atoms with E-state index in [-0.39, 0.29) is 0 Å². The molecule has 19 heavy (non-hydrogen) atoms. The lowest BCUT2D eigenvalue weighted by molar-refractivity contribution is -0.134. The highest BCUT2D eigenvalue weighted by Crippen LogP contribution is 2.26. The molecular formula is C16H30N2O. The van der Waals surface area contributed by atoms with Gasteiger partial charge in [0.2, 0.25) is 5.91 Å². The van der Waals surface area contributed by atoms with Crippen molar-refractivity contribution in [1.29, 1.82) is 0 Å². The maximum Gasteiger partial charge on any atom is 0.223 e. The summed E-state index contributed by atoms with van der Waals surface area (Å²) in [6.07, 6.45) is 11.1. The van der Waals surface area contributed by atoms with Crippen LogP contribution in [-0.2, 0) is 4.79 Å². The van der Waals surface area contributed by atoms with E-state index in [0.29, 0.717) is 17.9 Å². The van der Waals surface area contributed by atoms with Gasteiger partial charge in [-0.2, -0.15) is 0 Å². The van der Waals surface area contributed by atoms with Crippen LogP contribution in [-0.4, -0.2) is 36.5 Å². The molecule has 0 bridgehead atoms. The Morgan fingerprint density at radius 1 is 1.11 bits per heavy atom. The average Bonchev–Trinajstić information content (AvgIpc) is 2.69. The first-order chi connectivity index (χ1) is 9.31. The number of nitrogens with one attached hydrogen (secondary N) is 1. The number of nitrogens with zero attached hydrogens (tertiary/aromatic N) is 1. The summed E-state index contributed by atoms with van der Waals surface area (Å²) in [5.74, 6) is 1.06. The Morgan fingerprint density at radius 3 is 2.42 bits per heavy atom. The summed E-state index contributed by atoms with van der Waals surface area (Å²) in [5.41, 5.74) is 0. The van der Waals surface area contributed by atoms with Crippen LogP contribution in [0.3, 0.4) is 0 Å². The first kappa shape index (κ1) is 14.8. The molecule has 0 spiro atoms. The van der Waals surface area contributed by atoms with Gasteiger partial charge >= 0.3 is 0 Å². The van der Waals surface area contributed by atoms with Crippen molar-refractivity contribution in [3.8, 4) is 0 Å². The zero-order valence-corrected chi connectivity index (χ0v) is 12.5. The van der Waals surface area contributed by atoms with Crippen molar-refractivity contribution in [2.24, 2.45) is 5.92 Å². The van der Waals surface area contributed by atoms with Crippen LogP contribution in [0, 0.1) is 5.92 Å². The Kier molecular flexibility index (Phi) is 6.15. The summed E-state index contributed by atoms with van der Waals surface area (Å²) in [6.45, 7) is 5.10. The minimum Gasteiger partial charge on any atom is -0.339 e. The molecule has 3 nitrogen and oxygen atoms in total. The lowest BCUT2D eigenvalue weighted by Gasteiger charge is -2.34. The van der Waals surface area contributed by atoms with Crippen LogP contribution < -0.4 is 5.32 Å². The van der Waals surface area contributed by atoms with Crippen molar-refractivity contribution in [3.63, 3.8) is 0 Å². The molecule has 1 N–H and O–H groups in total. The van der Waals surface area contributed by atoms with Crippen LogP contribution in [0.4, 0.5) is 0 Å². The minimum absolute atomic E-state index is 0.406. The van der Waals surface area contributed by atoms with E-state index < -0.39 is 0 Å². The molecule has 0 aromatic carbocycles. The fourth-order valence-electron chi connectivity index (χ4n) is 3.67. The number of carbonyl (C=O) groups excluding carboxylic acids is 1. The Hall–Kier alpha value is -0.570. The summed E-state index contributed by atoms with van der Waals surface area (Å²) in [6, 6.07) is 0.442. The molecule has 2 rings (SSSR count). The zero-order valence-electron chi connectivity index (χ0n) is 12.5. The molecule has 2 aliphatic rings. The zero-order chi connectivity index (χ0) is 13.5. The van der Waals surface area contributed by atoms with Crippen LogP contribution >= 0.6 is 0 Å². The third-order valence-electron chi connectivity index (χ3n) is 4.81. The number of amides is 1. The minimum atomic E-state index is 0.406. The van der Waals surface area contributed by atoms with Gasteiger partial charge in [0.15, 0.2) is 0 Å². The highest BCUT2D eigenvalue weighted by atomic mass is 16.2. The van der Waals surface area contributed by atoms with Crippen molar-refractivity contribution in [3.05, 3.63) is 0 Å². The molecule has 0 radical (unpaired) electrons. The van der Waals surface area contributed by atoms with Gasteiger partial charge in [-0.15, -0.1) is 0 Å². The normalized spacial score (nSPS) is 25.8. The van der Waals surface area contributed by atoms with Crippen molar-refractivity contribution >= 4 is 5.91 Å². The summed E-state index contributed by atoms with van der Waals surface area (Å²) in [7, 11) is 0. The van der Waals surface area contributed by atoms with Gasteiger partial charge in [0.25, 0.3) is 0 Å². The van der Waals surface area contributed by atoms with Gasteiger partial charge in [0.05, 0.1) is 0 Å². The van der Waals surface area contributed by atoms with Gasteiger partial charge in [-0.1, -0.05) is 25.7 Å². The molecule has 1 unspecified atom stereocenters. The van der Waals surface area contributed by atoms with Crippen molar-refractivity contribution in [2.45, 2.75) is 70.8 Å². The van der Waals surface area contributed by atoms with Crippen molar-refractivity contribution in [1.82, 2.24) is 10.2 Å². The molecule has 110 valence electrons. The molecule has 1 saturated heterocycles. The quantitative estimate of drug-likeness (QED) is 0.794. The van der Waals surface area contributed by atoms with Gasteiger partial charge in [0, 0.05) is 25.6 Å². The van der Waals surface area contributed by atoms with Crippen molar-refractivity contribution in [2.75, 3.05) is 19.6 Å². The number of likely N-dealkylation sites (N-methyl/N-ethyl adjacent to an activating group) is 1. The molecule has 0 aromatic rings. The number of hydrogen-bond donors (Lipinski definition) is 1. The standard InChI is InChI=1S/C16H30N2O/c1-2-18(15-10-7-11-17-13-15)16(19)12-14-8-5-3-4-6-9-14/h14-15,17H,2-13H2,1H3. The number of hydrogen-bond acceptors (Lipinski definition) is 2. The highest BCUT2D eigenvalue weighted by Gasteiger charge is 2.26. The molecule has 0 aromatic heterocycles. The van der Waals surface area contributed by atoms with E-state index in [4.69, 9.17) is 0 Å². The maximum atomic E-state index is 12.6. The Labute approximate surface area is 118 Å².